The lowest BCUT2D eigenvalue weighted by Crippen LogP contribution is -1.96. The van der Waals surface area contributed by atoms with Gasteiger partial charge < -0.3 is 5.11 Å². The first-order valence-corrected chi connectivity index (χ1v) is 6.61. The number of rotatable bonds is 4. The van der Waals surface area contributed by atoms with Crippen molar-refractivity contribution in [2.45, 2.75) is 0 Å². The maximum atomic E-state index is 10.7. The second kappa shape index (κ2) is 6.33. The summed E-state index contributed by atoms with van der Waals surface area (Å²) >= 11 is 2.24. The highest BCUT2D eigenvalue weighted by Crippen LogP contribution is 2.11. The molecule has 0 aliphatic rings. The van der Waals surface area contributed by atoms with Crippen molar-refractivity contribution in [1.82, 2.24) is 0 Å². The van der Waals surface area contributed by atoms with Gasteiger partial charge in [-0.1, -0.05) is 18.2 Å². The monoisotopic (exact) mass is 366 g/mol. The number of nitrogens with one attached hydrogen (secondary N) is 1. The lowest BCUT2D eigenvalue weighted by atomic mass is 10.2. The van der Waals surface area contributed by atoms with Crippen LogP contribution in [0.15, 0.2) is 53.6 Å². The van der Waals surface area contributed by atoms with Crippen molar-refractivity contribution in [3.05, 3.63) is 63.2 Å². The van der Waals surface area contributed by atoms with E-state index in [0.717, 1.165) is 14.8 Å². The highest BCUT2D eigenvalue weighted by Gasteiger charge is 2.00. The van der Waals surface area contributed by atoms with Crippen LogP contribution in [0.5, 0.6) is 0 Å². The number of nitrogens with zero attached hydrogens (tertiary/aromatic N) is 1. The Labute approximate surface area is 124 Å². The average molecular weight is 366 g/mol. The molecule has 0 radical (unpaired) electrons. The minimum atomic E-state index is -0.936. The molecule has 0 aliphatic carbocycles. The summed E-state index contributed by atoms with van der Waals surface area (Å²) in [6.45, 7) is 0. The van der Waals surface area contributed by atoms with Crippen LogP contribution in [0.4, 0.5) is 5.69 Å². The minimum absolute atomic E-state index is 0.257. The van der Waals surface area contributed by atoms with Gasteiger partial charge in [-0.15, -0.1) is 0 Å². The van der Waals surface area contributed by atoms with Gasteiger partial charge in [0.05, 0.1) is 17.5 Å². The summed E-state index contributed by atoms with van der Waals surface area (Å²) in [6.07, 6.45) is 1.73. The van der Waals surface area contributed by atoms with Crippen LogP contribution in [0.25, 0.3) is 0 Å². The molecule has 2 aromatic rings. The Kier molecular flexibility index (Phi) is 4.51. The Balaban J connectivity index is 2.03. The molecule has 19 heavy (non-hydrogen) atoms. The number of carboxylic acid groups (broad SMARTS) is 1. The Morgan fingerprint density at radius 1 is 1.16 bits per heavy atom. The summed E-state index contributed by atoms with van der Waals surface area (Å²) in [4.78, 5) is 10.7. The zero-order valence-electron chi connectivity index (χ0n) is 9.88. The minimum Gasteiger partial charge on any atom is -0.478 e. The third kappa shape index (κ3) is 3.78. The molecular formula is C14H11IN2O2. The molecule has 96 valence electrons. The normalized spacial score (nSPS) is 10.6. The fraction of sp³-hybridized carbons (Fsp3) is 0. The number of carboxylic acids is 1. The lowest BCUT2D eigenvalue weighted by Gasteiger charge is -2.01. The lowest BCUT2D eigenvalue weighted by molar-refractivity contribution is 0.0697. The van der Waals surface area contributed by atoms with E-state index in [-0.39, 0.29) is 5.56 Å². The van der Waals surface area contributed by atoms with Gasteiger partial charge in [-0.2, -0.15) is 5.10 Å². The highest BCUT2D eigenvalue weighted by molar-refractivity contribution is 14.1. The van der Waals surface area contributed by atoms with Crippen molar-refractivity contribution in [3.8, 4) is 0 Å². The number of aromatic carboxylic acids is 1. The average Bonchev–Trinajstić information content (AvgIpc) is 2.41. The number of carbonyl (C=O) groups is 1. The molecule has 2 aromatic carbocycles. The number of hydrogen-bond acceptors (Lipinski definition) is 3. The van der Waals surface area contributed by atoms with Crippen LogP contribution < -0.4 is 5.43 Å². The van der Waals surface area contributed by atoms with Crippen LogP contribution in [0.2, 0.25) is 0 Å². The van der Waals surface area contributed by atoms with Crippen molar-refractivity contribution in [2.75, 3.05) is 5.43 Å². The Bertz CT molecular complexity index is 609. The van der Waals surface area contributed by atoms with Crippen molar-refractivity contribution >= 4 is 40.5 Å². The van der Waals surface area contributed by atoms with E-state index in [2.05, 4.69) is 33.1 Å². The number of benzene rings is 2. The second-order valence-corrected chi connectivity index (χ2v) is 4.94. The first kappa shape index (κ1) is 13.5. The van der Waals surface area contributed by atoms with Gasteiger partial charge in [-0.05, 0) is 52.9 Å². The van der Waals surface area contributed by atoms with Crippen LogP contribution in [0.1, 0.15) is 15.9 Å². The molecule has 2 N–H and O–H groups in total. The molecule has 0 saturated carbocycles. The number of hydrogen-bond donors (Lipinski definition) is 2. The molecule has 0 aromatic heterocycles. The van der Waals surface area contributed by atoms with Crippen molar-refractivity contribution in [2.24, 2.45) is 5.10 Å². The fourth-order valence-corrected chi connectivity index (χ4v) is 1.97. The summed E-state index contributed by atoms with van der Waals surface area (Å²) in [5.41, 5.74) is 4.88. The smallest absolute Gasteiger partial charge is 0.335 e. The molecule has 0 spiro atoms. The van der Waals surface area contributed by atoms with Gasteiger partial charge in [0.25, 0.3) is 0 Å². The number of anilines is 1. The van der Waals surface area contributed by atoms with Gasteiger partial charge in [0.2, 0.25) is 0 Å². The first-order valence-electron chi connectivity index (χ1n) is 5.54. The zero-order chi connectivity index (χ0) is 13.7. The van der Waals surface area contributed by atoms with Gasteiger partial charge in [0.15, 0.2) is 0 Å². The Morgan fingerprint density at radius 3 is 2.47 bits per heavy atom. The van der Waals surface area contributed by atoms with E-state index in [4.69, 9.17) is 5.11 Å². The van der Waals surface area contributed by atoms with Gasteiger partial charge in [0.1, 0.15) is 0 Å². The topological polar surface area (TPSA) is 61.7 Å². The second-order valence-electron chi connectivity index (χ2n) is 3.77. The zero-order valence-corrected chi connectivity index (χ0v) is 12.0. The van der Waals surface area contributed by atoms with E-state index < -0.39 is 5.97 Å². The van der Waals surface area contributed by atoms with E-state index in [9.17, 15) is 4.79 Å². The Morgan fingerprint density at radius 2 is 1.84 bits per heavy atom. The molecule has 2 rings (SSSR count). The van der Waals surface area contributed by atoms with Gasteiger partial charge in [-0.25, -0.2) is 4.79 Å². The fourth-order valence-electron chi connectivity index (χ4n) is 1.44. The predicted octanol–water partition coefficient (Wildman–Crippen LogP) is 3.44. The summed E-state index contributed by atoms with van der Waals surface area (Å²) in [5, 5.41) is 12.9. The standard InChI is InChI=1S/C14H11IN2O2/c15-13-4-2-1-3-11(13)9-16-17-12-7-5-10(6-8-12)14(18)19/h1-9,17H,(H,18,19)/b16-9+. The molecule has 0 saturated heterocycles. The molecule has 0 bridgehead atoms. The van der Waals surface area contributed by atoms with Crippen LogP contribution in [-0.2, 0) is 0 Å². The van der Waals surface area contributed by atoms with Gasteiger partial charge >= 0.3 is 5.97 Å². The molecule has 0 heterocycles. The molecule has 0 aliphatic heterocycles. The van der Waals surface area contributed by atoms with Crippen LogP contribution >= 0.6 is 22.6 Å². The molecular weight excluding hydrogens is 355 g/mol. The van der Waals surface area contributed by atoms with Gasteiger partial charge in [-0.3, -0.25) is 5.43 Å². The predicted molar refractivity (Wildman–Crippen MR) is 83.8 cm³/mol. The summed E-state index contributed by atoms with van der Waals surface area (Å²) in [5.74, 6) is -0.936. The molecule has 0 amide bonds. The first-order chi connectivity index (χ1) is 9.16. The van der Waals surface area contributed by atoms with E-state index in [1.165, 1.54) is 12.1 Å². The van der Waals surface area contributed by atoms with E-state index >= 15 is 0 Å². The molecule has 4 nitrogen and oxygen atoms in total. The third-order valence-electron chi connectivity index (χ3n) is 2.43. The van der Waals surface area contributed by atoms with E-state index in [1.807, 2.05) is 24.3 Å². The van der Waals surface area contributed by atoms with Crippen molar-refractivity contribution < 1.29 is 9.90 Å². The largest absolute Gasteiger partial charge is 0.478 e. The molecule has 0 unspecified atom stereocenters. The summed E-state index contributed by atoms with van der Waals surface area (Å²) < 4.78 is 1.12. The molecule has 0 atom stereocenters. The molecule has 0 fully saturated rings. The van der Waals surface area contributed by atoms with Gasteiger partial charge in [0, 0.05) is 9.13 Å². The summed E-state index contributed by atoms with van der Waals surface area (Å²) in [7, 11) is 0. The van der Waals surface area contributed by atoms with E-state index in [1.54, 1.807) is 18.3 Å². The van der Waals surface area contributed by atoms with Crippen LogP contribution in [-0.4, -0.2) is 17.3 Å². The number of halogens is 1. The summed E-state index contributed by atoms with van der Waals surface area (Å²) in [6, 6.07) is 14.3. The molecule has 5 heteroatoms. The van der Waals surface area contributed by atoms with Crippen LogP contribution in [0, 0.1) is 3.57 Å². The SMILES string of the molecule is O=C(O)c1ccc(N/N=C/c2ccccc2I)cc1. The van der Waals surface area contributed by atoms with Crippen LogP contribution in [0.3, 0.4) is 0 Å². The maximum absolute atomic E-state index is 10.7. The van der Waals surface area contributed by atoms with Crippen molar-refractivity contribution in [3.63, 3.8) is 0 Å². The van der Waals surface area contributed by atoms with Crippen molar-refractivity contribution in [1.29, 1.82) is 0 Å². The number of hydrazone groups is 1. The maximum Gasteiger partial charge on any atom is 0.335 e. The third-order valence-corrected chi connectivity index (χ3v) is 3.42. The highest BCUT2D eigenvalue weighted by atomic mass is 127. The Hall–Kier alpha value is -1.89. The van der Waals surface area contributed by atoms with E-state index in [0.29, 0.717) is 0 Å². The quantitative estimate of drug-likeness (QED) is 0.495.